The number of nitrogen functional groups attached to an aromatic ring is 1. The smallest absolute Gasteiger partial charge is 0.352 e. The number of hydrazine groups is 1. The molecule has 20 heteroatoms. The molecule has 18 nitrogen and oxygen atoms in total. The van der Waals surface area contributed by atoms with E-state index in [1.807, 2.05) is 0 Å². The minimum Gasteiger partial charge on any atom is -0.504 e. The Morgan fingerprint density at radius 3 is 2.24 bits per heavy atom. The number of carboxylic acids is 2. The van der Waals surface area contributed by atoms with Crippen molar-refractivity contribution < 1.29 is 58.5 Å². The number of aliphatic carboxylic acids is 2. The number of likely N-dealkylation sites (N-methyl/N-ethyl adjacent to an activating group) is 1. The third-order valence-electron chi connectivity index (χ3n) is 11.4. The molecule has 0 radical (unpaired) electrons. The number of anilines is 1. The molecule has 3 saturated heterocycles. The van der Waals surface area contributed by atoms with Gasteiger partial charge in [-0.2, -0.15) is 0 Å². The van der Waals surface area contributed by atoms with Crippen molar-refractivity contribution in [3.8, 4) is 11.5 Å². The van der Waals surface area contributed by atoms with Crippen LogP contribution in [0, 0.1) is 11.8 Å². The number of aromatic hydroxyl groups is 2. The molecule has 1 aromatic carbocycles. The Kier molecular flexibility index (Phi) is 9.67. The summed E-state index contributed by atoms with van der Waals surface area (Å²) in [5, 5.41) is 45.3. The van der Waals surface area contributed by atoms with Crippen LogP contribution < -0.4 is 11.2 Å². The standard InChI is InChI=1S/C35H39N7O11S2/c1-35(2,33(51)52)53-39-26(22-14-55-34(36)38-22)25(45)10-21-28(46)40-27(32(49)50)16(13-54-31(21)40)12-42(3)17-4-5-18(42)7-15(6-17)11-37-41-29(47)19-8-23(43)24(44)9-20(19)30(41)48/h8-9,14-15,17-18,21,31,37H,4-7,10-13H2,1-3H3,(H5-,36,38,39,43,44,45,47,48,49,50,51,52)/p+1/t15?,17-,18+,21-,31-,42?/m1/s1. The zero-order chi connectivity index (χ0) is 39.7. The minimum atomic E-state index is -1.77. The predicted octanol–water partition coefficient (Wildman–Crippen LogP) is 1.74. The normalized spacial score (nSPS) is 27.6. The van der Waals surface area contributed by atoms with Gasteiger partial charge < -0.3 is 35.5 Å². The Hall–Kier alpha value is -5.05. The van der Waals surface area contributed by atoms with Crippen LogP contribution in [0.2, 0.25) is 0 Å². The Bertz CT molecular complexity index is 2040. The zero-order valence-corrected chi connectivity index (χ0v) is 31.7. The molecule has 0 aliphatic carbocycles. The first kappa shape index (κ1) is 38.2. The highest BCUT2D eigenvalue weighted by Gasteiger charge is 2.57. The van der Waals surface area contributed by atoms with Crippen LogP contribution in [0.3, 0.4) is 0 Å². The van der Waals surface area contributed by atoms with Gasteiger partial charge in [-0.3, -0.25) is 24.1 Å². The Morgan fingerprint density at radius 2 is 1.69 bits per heavy atom. The number of benzene rings is 1. The van der Waals surface area contributed by atoms with Crippen molar-refractivity contribution in [1.82, 2.24) is 20.3 Å². The van der Waals surface area contributed by atoms with E-state index in [2.05, 4.69) is 22.6 Å². The lowest BCUT2D eigenvalue weighted by Gasteiger charge is -2.52. The molecule has 2 unspecified atom stereocenters. The fourth-order valence-electron chi connectivity index (χ4n) is 8.39. The van der Waals surface area contributed by atoms with E-state index in [1.165, 1.54) is 35.9 Å². The maximum Gasteiger partial charge on any atom is 0.352 e. The second-order valence-corrected chi connectivity index (χ2v) is 17.2. The predicted molar refractivity (Wildman–Crippen MR) is 196 cm³/mol. The van der Waals surface area contributed by atoms with E-state index in [4.69, 9.17) is 10.6 Å². The fraction of sp³-hybridized carbons (Fsp3) is 0.486. The van der Waals surface area contributed by atoms with E-state index in [1.54, 1.807) is 0 Å². The van der Waals surface area contributed by atoms with E-state index < -0.39 is 63.8 Å². The van der Waals surface area contributed by atoms with E-state index in [0.717, 1.165) is 54.2 Å². The zero-order valence-electron chi connectivity index (χ0n) is 30.1. The third kappa shape index (κ3) is 6.59. The average molecular weight is 799 g/mol. The second kappa shape index (κ2) is 13.9. The molecule has 2 bridgehead atoms. The molecule has 3 fully saturated rings. The first-order valence-corrected chi connectivity index (χ1v) is 19.5. The van der Waals surface area contributed by atoms with Gasteiger partial charge in [0.1, 0.15) is 17.9 Å². The number of fused-ring (bicyclic) bond motifs is 4. The number of thiazole rings is 1. The molecule has 5 aliphatic rings. The molecular weight excluding hydrogens is 759 g/mol. The van der Waals surface area contributed by atoms with Gasteiger partial charge in [0, 0.05) is 55.4 Å². The number of rotatable bonds is 13. The van der Waals surface area contributed by atoms with Crippen molar-refractivity contribution in [1.29, 1.82) is 0 Å². The summed E-state index contributed by atoms with van der Waals surface area (Å²) >= 11 is 2.43. The van der Waals surface area contributed by atoms with Gasteiger partial charge in [0.25, 0.3) is 11.8 Å². The number of hydrogen-bond acceptors (Lipinski definition) is 15. The van der Waals surface area contributed by atoms with Gasteiger partial charge in [-0.15, -0.1) is 23.1 Å². The van der Waals surface area contributed by atoms with Crippen molar-refractivity contribution in [2.24, 2.45) is 17.0 Å². The first-order valence-electron chi connectivity index (χ1n) is 17.6. The third-order valence-corrected chi connectivity index (χ3v) is 13.5. The summed E-state index contributed by atoms with van der Waals surface area (Å²) in [6, 6.07) is 2.47. The topological polar surface area (TPSA) is 262 Å². The molecule has 7 rings (SSSR count). The number of aromatic nitrogens is 1. The van der Waals surface area contributed by atoms with Gasteiger partial charge in [-0.05, 0) is 31.9 Å². The van der Waals surface area contributed by atoms with Crippen molar-refractivity contribution in [2.75, 3.05) is 31.6 Å². The van der Waals surface area contributed by atoms with Crippen LogP contribution >= 0.6 is 23.1 Å². The number of nitrogens with one attached hydrogen (secondary N) is 1. The number of nitrogens with two attached hydrogens (primary N) is 1. The number of carbonyl (C=O) groups is 6. The summed E-state index contributed by atoms with van der Waals surface area (Å²) in [5.41, 5.74) is 7.30. The summed E-state index contributed by atoms with van der Waals surface area (Å²) in [6.07, 6.45) is 2.99. The number of thioether (sulfide) groups is 1. The van der Waals surface area contributed by atoms with Crippen molar-refractivity contribution >= 4 is 69.4 Å². The number of nitrogens with zero attached hydrogens (tertiary/aromatic N) is 5. The molecule has 0 saturated carbocycles. The highest BCUT2D eigenvalue weighted by Crippen LogP contribution is 2.49. The quantitative estimate of drug-likeness (QED) is 0.0421. The molecule has 6 atom stereocenters. The Balaban J connectivity index is 1.02. The number of phenols is 2. The van der Waals surface area contributed by atoms with Gasteiger partial charge in [-0.1, -0.05) is 5.16 Å². The highest BCUT2D eigenvalue weighted by atomic mass is 32.2. The number of hydrogen-bond donors (Lipinski definition) is 6. The average Bonchev–Trinajstić information content (AvgIpc) is 3.67. The highest BCUT2D eigenvalue weighted by molar-refractivity contribution is 8.00. The summed E-state index contributed by atoms with van der Waals surface area (Å²) in [7, 11) is 2.11. The maximum atomic E-state index is 13.6. The number of imide groups is 1. The molecule has 2 aromatic rings. The van der Waals surface area contributed by atoms with Gasteiger partial charge in [0.2, 0.25) is 11.5 Å². The number of amides is 3. The number of ketones is 1. The SMILES string of the molecule is CC(C)(O/N=C(\C(=O)C[C@@H]1C(=O)N2C(C(=O)O)=C(C[N+]3(C)[C@@H]4CC[C@H]3CC(CNN3C(=O)c5cc(O)c(O)cc5C3=O)C4)CS[C@H]12)c1csc(N)n1)C(=O)O. The number of carboxylic acid groups (broad SMARTS) is 2. The number of β-lactam (4-membered cyclic amide) rings is 1. The molecule has 3 amide bonds. The van der Waals surface area contributed by atoms with Crippen molar-refractivity contribution in [2.45, 2.75) is 69.0 Å². The van der Waals surface area contributed by atoms with Gasteiger partial charge in [-0.25, -0.2) is 25.0 Å². The summed E-state index contributed by atoms with van der Waals surface area (Å²) in [5.74, 6) is -6.32. The molecular formula is C35H40N7O11S2+. The molecule has 1 aromatic heterocycles. The van der Waals surface area contributed by atoms with Crippen LogP contribution in [-0.2, 0) is 24.0 Å². The summed E-state index contributed by atoms with van der Waals surface area (Å²) < 4.78 is 0.590. The molecule has 55 heavy (non-hydrogen) atoms. The fourth-order valence-corrected chi connectivity index (χ4v) is 10.3. The van der Waals surface area contributed by atoms with Crippen molar-refractivity contribution in [3.05, 3.63) is 45.6 Å². The van der Waals surface area contributed by atoms with Crippen LogP contribution in [0.4, 0.5) is 5.13 Å². The van der Waals surface area contributed by atoms with Gasteiger partial charge in [0.15, 0.2) is 28.1 Å². The lowest BCUT2D eigenvalue weighted by atomic mass is 9.87. The molecule has 7 N–H and O–H groups in total. The van der Waals surface area contributed by atoms with Gasteiger partial charge in [0.05, 0.1) is 41.6 Å². The number of oxime groups is 1. The van der Waals surface area contributed by atoms with E-state index >= 15 is 0 Å². The van der Waals surface area contributed by atoms with E-state index in [-0.39, 0.29) is 57.8 Å². The van der Waals surface area contributed by atoms with Crippen LogP contribution in [0.25, 0.3) is 0 Å². The summed E-state index contributed by atoms with van der Waals surface area (Å²) in [6.45, 7) is 3.27. The second-order valence-electron chi connectivity index (χ2n) is 15.2. The Labute approximate surface area is 322 Å². The molecule has 6 heterocycles. The number of piperidine rings is 1. The molecule has 5 aliphatic heterocycles. The van der Waals surface area contributed by atoms with Crippen LogP contribution in [0.5, 0.6) is 11.5 Å². The number of Topliss-reactive ketones (excluding diaryl/α,β-unsaturated/α-hetero) is 1. The molecule has 0 spiro atoms. The number of phenolic OH excluding ortho intramolecular Hbond substituents is 2. The van der Waals surface area contributed by atoms with E-state index in [0.29, 0.717) is 28.9 Å². The monoisotopic (exact) mass is 798 g/mol. The lowest BCUT2D eigenvalue weighted by molar-refractivity contribution is -0.945. The van der Waals surface area contributed by atoms with E-state index in [9.17, 15) is 49.2 Å². The number of quaternary nitrogens is 1. The Morgan fingerprint density at radius 1 is 1.07 bits per heavy atom. The number of carbonyl (C=O) groups excluding carboxylic acids is 4. The largest absolute Gasteiger partial charge is 0.504 e. The van der Waals surface area contributed by atoms with Crippen molar-refractivity contribution in [3.63, 3.8) is 0 Å². The maximum absolute atomic E-state index is 13.6. The minimum absolute atomic E-state index is 0.000934. The summed E-state index contributed by atoms with van der Waals surface area (Å²) in [4.78, 5) is 88.0. The van der Waals surface area contributed by atoms with Crippen LogP contribution in [0.15, 0.2) is 33.9 Å². The molecule has 292 valence electrons. The lowest BCUT2D eigenvalue weighted by Crippen LogP contribution is -2.64. The van der Waals surface area contributed by atoms with Crippen LogP contribution in [0.1, 0.15) is 72.4 Å². The first-order chi connectivity index (χ1) is 25.9. The van der Waals surface area contributed by atoms with Gasteiger partial charge >= 0.3 is 11.9 Å². The van der Waals surface area contributed by atoms with Crippen LogP contribution in [-0.4, -0.2) is 130 Å².